The molecule has 1 aromatic carbocycles. The van der Waals surface area contributed by atoms with Crippen molar-refractivity contribution in [3.8, 4) is 5.75 Å². The molecule has 8 nitrogen and oxygen atoms in total. The number of aromatic nitrogens is 2. The van der Waals surface area contributed by atoms with Crippen LogP contribution < -0.4 is 4.74 Å². The minimum absolute atomic E-state index is 0.0901. The number of carbonyl (C=O) groups excluding carboxylic acids is 2. The lowest BCUT2D eigenvalue weighted by Gasteiger charge is -2.47. The second-order valence-corrected chi connectivity index (χ2v) is 6.89. The van der Waals surface area contributed by atoms with Crippen LogP contribution >= 0.6 is 0 Å². The van der Waals surface area contributed by atoms with E-state index in [2.05, 4.69) is 5.16 Å². The van der Waals surface area contributed by atoms with Crippen molar-refractivity contribution in [2.45, 2.75) is 12.2 Å². The number of rotatable bonds is 3. The molecular formula is C20H18N4O4. The zero-order valence-corrected chi connectivity index (χ0v) is 15.2. The Bertz CT molecular complexity index is 1040. The van der Waals surface area contributed by atoms with Crippen LogP contribution in [-0.4, -0.2) is 51.5 Å². The maximum Gasteiger partial charge on any atom is 0.272 e. The molecule has 142 valence electrons. The van der Waals surface area contributed by atoms with Crippen LogP contribution in [-0.2, 0) is 12.2 Å². The normalized spacial score (nSPS) is 20.8. The number of carbonyl (C=O) groups is 2. The Hall–Kier alpha value is -3.55. The lowest BCUT2D eigenvalue weighted by molar-refractivity contribution is -0.00595. The molecule has 1 saturated heterocycles. The van der Waals surface area contributed by atoms with Crippen molar-refractivity contribution in [1.29, 1.82) is 0 Å². The summed E-state index contributed by atoms with van der Waals surface area (Å²) in [6.45, 7) is 1.32. The highest BCUT2D eigenvalue weighted by Crippen LogP contribution is 2.43. The third kappa shape index (κ3) is 2.14. The highest BCUT2D eigenvalue weighted by atomic mass is 16.5. The molecule has 0 bridgehead atoms. The fourth-order valence-corrected chi connectivity index (χ4v) is 4.27. The Morgan fingerprint density at radius 2 is 2.04 bits per heavy atom. The van der Waals surface area contributed by atoms with Gasteiger partial charge in [0.2, 0.25) is 0 Å². The van der Waals surface area contributed by atoms with Crippen molar-refractivity contribution in [2.24, 2.45) is 0 Å². The Labute approximate surface area is 160 Å². The molecule has 0 saturated carbocycles. The molecule has 3 aromatic rings. The summed E-state index contributed by atoms with van der Waals surface area (Å²) in [5, 5.41) is 3.65. The molecule has 1 atom stereocenters. The van der Waals surface area contributed by atoms with Crippen LogP contribution in [0.25, 0.3) is 0 Å². The van der Waals surface area contributed by atoms with E-state index in [0.717, 1.165) is 5.56 Å². The minimum Gasteiger partial charge on any atom is -0.497 e. The monoisotopic (exact) mass is 378 g/mol. The average Bonchev–Trinajstić information content (AvgIpc) is 3.47. The number of nitrogens with zero attached hydrogens (tertiary/aromatic N) is 4. The van der Waals surface area contributed by atoms with E-state index in [9.17, 15) is 9.59 Å². The van der Waals surface area contributed by atoms with Gasteiger partial charge in [0, 0.05) is 24.8 Å². The molecule has 2 amide bonds. The van der Waals surface area contributed by atoms with Crippen LogP contribution in [0.5, 0.6) is 5.75 Å². The van der Waals surface area contributed by atoms with E-state index in [1.54, 1.807) is 16.9 Å². The number of hydrogen-bond acceptors (Lipinski definition) is 5. The van der Waals surface area contributed by atoms with E-state index in [0.29, 0.717) is 36.6 Å². The van der Waals surface area contributed by atoms with E-state index in [1.165, 1.54) is 12.5 Å². The van der Waals surface area contributed by atoms with Gasteiger partial charge >= 0.3 is 0 Å². The third-order valence-corrected chi connectivity index (χ3v) is 5.60. The first-order valence-electron chi connectivity index (χ1n) is 8.98. The van der Waals surface area contributed by atoms with Gasteiger partial charge in [-0.3, -0.25) is 9.59 Å². The Morgan fingerprint density at radius 3 is 2.75 bits per heavy atom. The molecule has 2 aliphatic rings. The van der Waals surface area contributed by atoms with Crippen LogP contribution in [0.3, 0.4) is 0 Å². The molecule has 0 aliphatic carbocycles. The van der Waals surface area contributed by atoms with Gasteiger partial charge in [0.1, 0.15) is 17.7 Å². The van der Waals surface area contributed by atoms with Crippen molar-refractivity contribution in [2.75, 3.05) is 20.2 Å². The van der Waals surface area contributed by atoms with Crippen LogP contribution in [0.4, 0.5) is 0 Å². The molecule has 1 fully saturated rings. The first-order chi connectivity index (χ1) is 13.6. The number of amides is 2. The van der Waals surface area contributed by atoms with Crippen molar-refractivity contribution in [3.05, 3.63) is 71.9 Å². The third-order valence-electron chi connectivity index (χ3n) is 5.60. The second-order valence-electron chi connectivity index (χ2n) is 6.89. The first-order valence-corrected chi connectivity index (χ1v) is 8.98. The van der Waals surface area contributed by atoms with Gasteiger partial charge in [-0.2, -0.15) is 0 Å². The van der Waals surface area contributed by atoms with Gasteiger partial charge in [-0.15, -0.1) is 0 Å². The zero-order chi connectivity index (χ0) is 19.3. The van der Waals surface area contributed by atoms with Gasteiger partial charge < -0.3 is 23.6 Å². The largest absolute Gasteiger partial charge is 0.497 e. The second kappa shape index (κ2) is 5.98. The number of fused-ring (bicyclic) bond motifs is 2. The lowest BCUT2D eigenvalue weighted by Crippen LogP contribution is -2.59. The maximum atomic E-state index is 13.3. The predicted octanol–water partition coefficient (Wildman–Crippen LogP) is 1.95. The van der Waals surface area contributed by atoms with Gasteiger partial charge in [0.05, 0.1) is 25.4 Å². The van der Waals surface area contributed by atoms with E-state index in [4.69, 9.17) is 9.26 Å². The molecule has 0 radical (unpaired) electrons. The fraction of sp³-hybridized carbons (Fsp3) is 0.250. The summed E-state index contributed by atoms with van der Waals surface area (Å²) < 4.78 is 12.0. The molecule has 5 rings (SSSR count). The Balaban J connectivity index is 1.68. The van der Waals surface area contributed by atoms with Crippen molar-refractivity contribution in [1.82, 2.24) is 19.5 Å². The van der Waals surface area contributed by atoms with Gasteiger partial charge in [-0.05, 0) is 24.3 Å². The molecule has 28 heavy (non-hydrogen) atoms. The fourth-order valence-electron chi connectivity index (χ4n) is 4.27. The standard InChI is InChI=1S/C20H18N4O4/c1-27-16-6-4-15(5-7-16)20-13-22-8-2-3-17(22)19(26)24(20)10-9-23(20)18(25)14-11-21-28-12-14/h2-8,11-12H,9-10,13H2,1H3. The minimum atomic E-state index is -0.927. The van der Waals surface area contributed by atoms with E-state index >= 15 is 0 Å². The van der Waals surface area contributed by atoms with Crippen LogP contribution in [0, 0.1) is 0 Å². The van der Waals surface area contributed by atoms with Crippen molar-refractivity contribution >= 4 is 11.8 Å². The van der Waals surface area contributed by atoms with Crippen molar-refractivity contribution in [3.63, 3.8) is 0 Å². The zero-order valence-electron chi connectivity index (χ0n) is 15.2. The molecule has 0 N–H and O–H groups in total. The van der Waals surface area contributed by atoms with Crippen molar-refractivity contribution < 1.29 is 18.8 Å². The Kier molecular flexibility index (Phi) is 3.55. The van der Waals surface area contributed by atoms with E-state index in [-0.39, 0.29) is 11.8 Å². The molecule has 4 heterocycles. The highest BCUT2D eigenvalue weighted by Gasteiger charge is 2.56. The van der Waals surface area contributed by atoms with Gasteiger partial charge in [0.15, 0.2) is 5.66 Å². The number of benzene rings is 1. The molecule has 0 spiro atoms. The van der Waals surface area contributed by atoms with Gasteiger partial charge in [0.25, 0.3) is 11.8 Å². The molecule has 2 aliphatic heterocycles. The summed E-state index contributed by atoms with van der Waals surface area (Å²) in [4.78, 5) is 30.0. The maximum absolute atomic E-state index is 13.3. The number of methoxy groups -OCH3 is 1. The first kappa shape index (κ1) is 16.6. The van der Waals surface area contributed by atoms with Gasteiger partial charge in [-0.1, -0.05) is 17.3 Å². The quantitative estimate of drug-likeness (QED) is 0.696. The highest BCUT2D eigenvalue weighted by molar-refractivity contribution is 5.98. The van der Waals surface area contributed by atoms with Gasteiger partial charge in [-0.25, -0.2) is 0 Å². The van der Waals surface area contributed by atoms with Crippen LogP contribution in [0.2, 0.25) is 0 Å². The lowest BCUT2D eigenvalue weighted by atomic mass is 9.93. The van der Waals surface area contributed by atoms with E-state index in [1.807, 2.05) is 47.2 Å². The average molecular weight is 378 g/mol. The Morgan fingerprint density at radius 1 is 1.21 bits per heavy atom. The topological polar surface area (TPSA) is 80.8 Å². The summed E-state index contributed by atoms with van der Waals surface area (Å²) in [5.41, 5.74) is 0.913. The predicted molar refractivity (Wildman–Crippen MR) is 97.7 cm³/mol. The van der Waals surface area contributed by atoms with E-state index < -0.39 is 5.66 Å². The SMILES string of the molecule is COc1ccc(C23Cn4cccc4C(=O)N2CCN3C(=O)c2cnoc2)cc1. The smallest absolute Gasteiger partial charge is 0.272 e. The molecular weight excluding hydrogens is 360 g/mol. The summed E-state index contributed by atoms with van der Waals surface area (Å²) in [6, 6.07) is 11.2. The number of hydrogen-bond donors (Lipinski definition) is 0. The van der Waals surface area contributed by atoms with Crippen LogP contribution in [0.1, 0.15) is 26.4 Å². The summed E-state index contributed by atoms with van der Waals surface area (Å²) in [6.07, 6.45) is 4.60. The summed E-state index contributed by atoms with van der Waals surface area (Å²) in [5.74, 6) is 0.404. The molecule has 1 unspecified atom stereocenters. The van der Waals surface area contributed by atoms with Crippen LogP contribution in [0.15, 0.2) is 59.6 Å². The molecule has 2 aromatic heterocycles. The summed E-state index contributed by atoms with van der Waals surface area (Å²) in [7, 11) is 1.60. The molecule has 8 heteroatoms. The summed E-state index contributed by atoms with van der Waals surface area (Å²) >= 11 is 0. The number of ether oxygens (including phenoxy) is 1.